The third-order valence-corrected chi connectivity index (χ3v) is 3.23. The Hall–Kier alpha value is -1.95. The molecule has 0 bridgehead atoms. The summed E-state index contributed by atoms with van der Waals surface area (Å²) in [4.78, 5) is 23.6. The standard InChI is InChI=1S/C15H21ClN2O4/c1-9(2)5-6-17-14(19)15(20)18-11-8-12(21-3)10(16)7-13(11)22-4/h7-9H,5-6H2,1-4H3,(H,17,19)(H,18,20). The number of carbonyl (C=O) groups excluding carboxylic acids is 2. The first kappa shape index (κ1) is 18.1. The van der Waals surface area contributed by atoms with E-state index in [1.54, 1.807) is 0 Å². The minimum absolute atomic E-state index is 0.313. The fraction of sp³-hybridized carbons (Fsp3) is 0.467. The summed E-state index contributed by atoms with van der Waals surface area (Å²) in [6.07, 6.45) is 0.803. The maximum absolute atomic E-state index is 11.9. The summed E-state index contributed by atoms with van der Waals surface area (Å²) in [6.45, 7) is 4.53. The molecule has 0 atom stereocenters. The lowest BCUT2D eigenvalue weighted by molar-refractivity contribution is -0.136. The van der Waals surface area contributed by atoms with Crippen LogP contribution in [-0.4, -0.2) is 32.6 Å². The van der Waals surface area contributed by atoms with Gasteiger partial charge in [0.25, 0.3) is 0 Å². The molecule has 0 saturated heterocycles. The first-order valence-electron chi connectivity index (χ1n) is 6.89. The molecule has 1 rings (SSSR count). The van der Waals surface area contributed by atoms with E-state index >= 15 is 0 Å². The molecule has 0 heterocycles. The summed E-state index contributed by atoms with van der Waals surface area (Å²) >= 11 is 5.98. The monoisotopic (exact) mass is 328 g/mol. The summed E-state index contributed by atoms with van der Waals surface area (Å²) in [6, 6.07) is 3.01. The zero-order valence-electron chi connectivity index (χ0n) is 13.2. The maximum Gasteiger partial charge on any atom is 0.313 e. The van der Waals surface area contributed by atoms with Crippen molar-refractivity contribution >= 4 is 29.1 Å². The molecule has 0 radical (unpaired) electrons. The quantitative estimate of drug-likeness (QED) is 0.786. The smallest absolute Gasteiger partial charge is 0.313 e. The highest BCUT2D eigenvalue weighted by Crippen LogP contribution is 2.35. The van der Waals surface area contributed by atoms with E-state index in [0.717, 1.165) is 6.42 Å². The molecule has 2 N–H and O–H groups in total. The predicted molar refractivity (Wildman–Crippen MR) is 85.7 cm³/mol. The van der Waals surface area contributed by atoms with Gasteiger partial charge < -0.3 is 20.1 Å². The lowest BCUT2D eigenvalue weighted by Gasteiger charge is -2.13. The molecule has 0 aliphatic heterocycles. The van der Waals surface area contributed by atoms with Crippen LogP contribution in [0.25, 0.3) is 0 Å². The molecule has 0 saturated carbocycles. The molecule has 1 aromatic carbocycles. The van der Waals surface area contributed by atoms with E-state index in [-0.39, 0.29) is 0 Å². The second kappa shape index (κ2) is 8.48. The topological polar surface area (TPSA) is 76.7 Å². The Bertz CT molecular complexity index is 547. The molecule has 22 heavy (non-hydrogen) atoms. The van der Waals surface area contributed by atoms with Gasteiger partial charge in [0, 0.05) is 18.7 Å². The van der Waals surface area contributed by atoms with Crippen LogP contribution in [0.4, 0.5) is 5.69 Å². The fourth-order valence-electron chi connectivity index (χ4n) is 1.69. The van der Waals surface area contributed by atoms with E-state index in [4.69, 9.17) is 21.1 Å². The first-order valence-corrected chi connectivity index (χ1v) is 7.27. The molecule has 0 spiro atoms. The lowest BCUT2D eigenvalue weighted by atomic mass is 10.1. The van der Waals surface area contributed by atoms with E-state index in [0.29, 0.717) is 34.7 Å². The summed E-state index contributed by atoms with van der Waals surface area (Å²) in [5, 5.41) is 5.40. The Morgan fingerprint density at radius 2 is 1.77 bits per heavy atom. The molecule has 122 valence electrons. The minimum atomic E-state index is -0.772. The van der Waals surface area contributed by atoms with Crippen LogP contribution in [-0.2, 0) is 9.59 Å². The third kappa shape index (κ3) is 5.11. The van der Waals surface area contributed by atoms with Crippen LogP contribution in [0, 0.1) is 5.92 Å². The highest BCUT2D eigenvalue weighted by molar-refractivity contribution is 6.40. The molecule has 7 heteroatoms. The van der Waals surface area contributed by atoms with E-state index in [9.17, 15) is 9.59 Å². The number of nitrogens with one attached hydrogen (secondary N) is 2. The Labute approximate surface area is 135 Å². The molecular formula is C15H21ClN2O4. The average Bonchev–Trinajstić information content (AvgIpc) is 2.47. The summed E-state index contributed by atoms with van der Waals surface area (Å²) in [5.74, 6) is -0.306. The van der Waals surface area contributed by atoms with Crippen molar-refractivity contribution in [2.45, 2.75) is 20.3 Å². The number of amides is 2. The second-order valence-corrected chi connectivity index (χ2v) is 5.49. The van der Waals surface area contributed by atoms with Gasteiger partial charge in [0.2, 0.25) is 0 Å². The largest absolute Gasteiger partial charge is 0.495 e. The third-order valence-electron chi connectivity index (χ3n) is 2.94. The van der Waals surface area contributed by atoms with Crippen molar-refractivity contribution in [2.75, 3.05) is 26.1 Å². The molecule has 0 aliphatic carbocycles. The Morgan fingerprint density at radius 3 is 2.32 bits per heavy atom. The van der Waals surface area contributed by atoms with Crippen molar-refractivity contribution in [1.82, 2.24) is 5.32 Å². The van der Waals surface area contributed by atoms with Crippen LogP contribution in [0.3, 0.4) is 0 Å². The fourth-order valence-corrected chi connectivity index (χ4v) is 1.92. The van der Waals surface area contributed by atoms with Gasteiger partial charge in [0.1, 0.15) is 11.5 Å². The minimum Gasteiger partial charge on any atom is -0.495 e. The van der Waals surface area contributed by atoms with E-state index in [1.165, 1.54) is 26.4 Å². The van der Waals surface area contributed by atoms with Gasteiger partial charge in [0.05, 0.1) is 24.9 Å². The van der Waals surface area contributed by atoms with Gasteiger partial charge in [0.15, 0.2) is 0 Å². The summed E-state index contributed by atoms with van der Waals surface area (Å²) in [5.41, 5.74) is 0.313. The molecule has 6 nitrogen and oxygen atoms in total. The van der Waals surface area contributed by atoms with Crippen molar-refractivity contribution in [1.29, 1.82) is 0 Å². The molecule has 0 unspecified atom stereocenters. The summed E-state index contributed by atoms with van der Waals surface area (Å²) in [7, 11) is 2.90. The molecule has 0 aromatic heterocycles. The number of benzene rings is 1. The number of rotatable bonds is 6. The van der Waals surface area contributed by atoms with Crippen LogP contribution in [0.5, 0.6) is 11.5 Å². The average molecular weight is 329 g/mol. The number of hydrogen-bond acceptors (Lipinski definition) is 4. The number of ether oxygens (including phenoxy) is 2. The SMILES string of the molecule is COc1cc(NC(=O)C(=O)NCCC(C)C)c(OC)cc1Cl. The van der Waals surface area contributed by atoms with Crippen LogP contribution in [0.1, 0.15) is 20.3 Å². The number of hydrogen-bond donors (Lipinski definition) is 2. The zero-order chi connectivity index (χ0) is 16.7. The lowest BCUT2D eigenvalue weighted by Crippen LogP contribution is -2.36. The molecule has 2 amide bonds. The van der Waals surface area contributed by atoms with E-state index in [1.807, 2.05) is 13.8 Å². The van der Waals surface area contributed by atoms with Crippen molar-refractivity contribution in [3.05, 3.63) is 17.2 Å². The van der Waals surface area contributed by atoms with Gasteiger partial charge in [-0.25, -0.2) is 0 Å². The van der Waals surface area contributed by atoms with Gasteiger partial charge in [-0.1, -0.05) is 25.4 Å². The van der Waals surface area contributed by atoms with Gasteiger partial charge in [-0.05, 0) is 12.3 Å². The van der Waals surface area contributed by atoms with Crippen molar-refractivity contribution in [3.8, 4) is 11.5 Å². The van der Waals surface area contributed by atoms with Gasteiger partial charge in [-0.3, -0.25) is 9.59 Å². The summed E-state index contributed by atoms with van der Waals surface area (Å²) < 4.78 is 10.2. The second-order valence-electron chi connectivity index (χ2n) is 5.08. The highest BCUT2D eigenvalue weighted by atomic mass is 35.5. The number of methoxy groups -OCH3 is 2. The molecule has 1 aromatic rings. The Kier molecular flexibility index (Phi) is 6.98. The van der Waals surface area contributed by atoms with Crippen molar-refractivity contribution in [2.24, 2.45) is 5.92 Å². The molecular weight excluding hydrogens is 308 g/mol. The van der Waals surface area contributed by atoms with Gasteiger partial charge in [-0.15, -0.1) is 0 Å². The molecule has 0 fully saturated rings. The van der Waals surface area contributed by atoms with Gasteiger partial charge in [-0.2, -0.15) is 0 Å². The number of halogens is 1. The highest BCUT2D eigenvalue weighted by Gasteiger charge is 2.17. The Balaban J connectivity index is 2.76. The zero-order valence-corrected chi connectivity index (χ0v) is 13.9. The van der Waals surface area contributed by atoms with E-state index in [2.05, 4.69) is 10.6 Å². The normalized spacial score (nSPS) is 10.3. The van der Waals surface area contributed by atoms with Crippen LogP contribution < -0.4 is 20.1 Å². The molecule has 0 aliphatic rings. The van der Waals surface area contributed by atoms with Crippen LogP contribution >= 0.6 is 11.6 Å². The Morgan fingerprint density at radius 1 is 1.14 bits per heavy atom. The predicted octanol–water partition coefficient (Wildman–Crippen LogP) is 2.46. The van der Waals surface area contributed by atoms with Gasteiger partial charge >= 0.3 is 11.8 Å². The van der Waals surface area contributed by atoms with Crippen molar-refractivity contribution in [3.63, 3.8) is 0 Å². The van der Waals surface area contributed by atoms with Crippen LogP contribution in [0.2, 0.25) is 5.02 Å². The number of anilines is 1. The first-order chi connectivity index (χ1) is 10.4. The van der Waals surface area contributed by atoms with Crippen LogP contribution in [0.15, 0.2) is 12.1 Å². The van der Waals surface area contributed by atoms with E-state index < -0.39 is 11.8 Å². The maximum atomic E-state index is 11.9. The number of carbonyl (C=O) groups is 2. The van der Waals surface area contributed by atoms with Crippen molar-refractivity contribution < 1.29 is 19.1 Å².